The average Bonchev–Trinajstić information content (AvgIpc) is 3.15. The Bertz CT molecular complexity index is 688. The molecule has 0 spiro atoms. The summed E-state index contributed by atoms with van der Waals surface area (Å²) in [6.07, 6.45) is 2.39. The lowest BCUT2D eigenvalue weighted by molar-refractivity contribution is 0.0908. The molecule has 1 aromatic heterocycles. The summed E-state index contributed by atoms with van der Waals surface area (Å²) in [5.41, 5.74) is 6.57. The summed E-state index contributed by atoms with van der Waals surface area (Å²) < 4.78 is 2.03. The van der Waals surface area contributed by atoms with Gasteiger partial charge in [0.15, 0.2) is 0 Å². The second-order valence-electron chi connectivity index (χ2n) is 5.94. The van der Waals surface area contributed by atoms with Gasteiger partial charge in [-0.2, -0.15) is 0 Å². The topological polar surface area (TPSA) is 55.1 Å². The van der Waals surface area contributed by atoms with Crippen LogP contribution in [0.25, 0.3) is 10.1 Å². The van der Waals surface area contributed by atoms with Crippen LogP contribution in [0.3, 0.4) is 0 Å². The van der Waals surface area contributed by atoms with E-state index < -0.39 is 0 Å². The van der Waals surface area contributed by atoms with Crippen molar-refractivity contribution in [3.63, 3.8) is 0 Å². The minimum Gasteiger partial charge on any atom is -0.397 e. The first-order valence-electron chi connectivity index (χ1n) is 6.68. The molecule has 0 atom stereocenters. The number of benzene rings is 1. The number of fused-ring (bicyclic) bond motifs is 1. The van der Waals surface area contributed by atoms with Crippen molar-refractivity contribution in [2.24, 2.45) is 5.92 Å². The van der Waals surface area contributed by atoms with Crippen LogP contribution < -0.4 is 11.1 Å². The van der Waals surface area contributed by atoms with Crippen molar-refractivity contribution >= 4 is 48.9 Å². The van der Waals surface area contributed by atoms with Crippen molar-refractivity contribution in [1.29, 1.82) is 0 Å². The van der Waals surface area contributed by atoms with Crippen molar-refractivity contribution in [3.8, 4) is 0 Å². The van der Waals surface area contributed by atoms with Crippen molar-refractivity contribution in [3.05, 3.63) is 27.5 Å². The van der Waals surface area contributed by atoms with E-state index in [0.717, 1.165) is 14.6 Å². The molecule has 0 aliphatic heterocycles. The Kier molecular flexibility index (Phi) is 3.29. The van der Waals surface area contributed by atoms with Crippen LogP contribution in [0, 0.1) is 5.92 Å². The lowest BCUT2D eigenvalue weighted by atomic mass is 9.98. The highest BCUT2D eigenvalue weighted by atomic mass is 79.9. The molecule has 0 bridgehead atoms. The third-order valence-electron chi connectivity index (χ3n) is 3.93. The number of thiophene rings is 1. The normalized spacial score (nSPS) is 15.6. The van der Waals surface area contributed by atoms with Crippen LogP contribution in [0.5, 0.6) is 0 Å². The van der Waals surface area contributed by atoms with Crippen molar-refractivity contribution in [1.82, 2.24) is 5.32 Å². The van der Waals surface area contributed by atoms with Crippen LogP contribution in [-0.4, -0.2) is 11.4 Å². The molecule has 3 nitrogen and oxygen atoms in total. The van der Waals surface area contributed by atoms with E-state index in [9.17, 15) is 4.79 Å². The molecule has 0 radical (unpaired) electrons. The molecule has 3 rings (SSSR count). The van der Waals surface area contributed by atoms with E-state index in [-0.39, 0.29) is 11.4 Å². The van der Waals surface area contributed by atoms with E-state index in [1.807, 2.05) is 18.2 Å². The number of amides is 1. The molecule has 0 unspecified atom stereocenters. The Hall–Kier alpha value is -1.07. The summed E-state index contributed by atoms with van der Waals surface area (Å²) in [4.78, 5) is 13.1. The molecule has 1 aliphatic carbocycles. The van der Waals surface area contributed by atoms with Crippen LogP contribution in [0.1, 0.15) is 36.4 Å². The standard InChI is InChI=1S/C15H17BrN2OS/c1-15(2,8-3-4-8)18-14(19)13-12(17)10-6-5-9(16)7-11(10)20-13/h5-8H,3-4,17H2,1-2H3,(H,18,19). The highest BCUT2D eigenvalue weighted by Crippen LogP contribution is 2.40. The summed E-state index contributed by atoms with van der Waals surface area (Å²) in [6, 6.07) is 5.90. The van der Waals surface area contributed by atoms with Crippen molar-refractivity contribution in [2.75, 3.05) is 5.73 Å². The second-order valence-corrected chi connectivity index (χ2v) is 7.90. The zero-order chi connectivity index (χ0) is 14.5. The van der Waals surface area contributed by atoms with E-state index in [0.29, 0.717) is 16.5 Å². The summed E-state index contributed by atoms with van der Waals surface area (Å²) in [5.74, 6) is 0.535. The third-order valence-corrected chi connectivity index (χ3v) is 5.59. The zero-order valence-electron chi connectivity index (χ0n) is 11.5. The molecule has 1 saturated carbocycles. The molecule has 1 heterocycles. The van der Waals surface area contributed by atoms with E-state index >= 15 is 0 Å². The minimum absolute atomic E-state index is 0.0586. The van der Waals surface area contributed by atoms with E-state index in [1.54, 1.807) is 0 Å². The Balaban J connectivity index is 1.93. The fourth-order valence-electron chi connectivity index (χ4n) is 2.52. The number of anilines is 1. The quantitative estimate of drug-likeness (QED) is 0.870. The number of nitrogens with one attached hydrogen (secondary N) is 1. The first kappa shape index (κ1) is 13.9. The number of halogens is 1. The number of hydrogen-bond acceptors (Lipinski definition) is 3. The van der Waals surface area contributed by atoms with Crippen molar-refractivity contribution < 1.29 is 4.79 Å². The maximum atomic E-state index is 12.5. The van der Waals surface area contributed by atoms with Gasteiger partial charge in [0.1, 0.15) is 4.88 Å². The number of rotatable bonds is 3. The Labute approximate surface area is 130 Å². The van der Waals surface area contributed by atoms with Crippen LogP contribution in [0.15, 0.2) is 22.7 Å². The first-order chi connectivity index (χ1) is 9.38. The monoisotopic (exact) mass is 352 g/mol. The Morgan fingerprint density at radius 1 is 1.45 bits per heavy atom. The van der Waals surface area contributed by atoms with Gasteiger partial charge in [-0.15, -0.1) is 11.3 Å². The van der Waals surface area contributed by atoms with Gasteiger partial charge in [0.05, 0.1) is 5.69 Å². The molecule has 1 aromatic carbocycles. The van der Waals surface area contributed by atoms with Gasteiger partial charge >= 0.3 is 0 Å². The summed E-state index contributed by atoms with van der Waals surface area (Å²) >= 11 is 4.90. The maximum Gasteiger partial charge on any atom is 0.263 e. The predicted octanol–water partition coefficient (Wildman–Crippen LogP) is 4.16. The van der Waals surface area contributed by atoms with Gasteiger partial charge in [0.25, 0.3) is 5.91 Å². The van der Waals surface area contributed by atoms with Gasteiger partial charge in [0, 0.05) is 20.1 Å². The van der Waals surface area contributed by atoms with Crippen LogP contribution in [0.2, 0.25) is 0 Å². The van der Waals surface area contributed by atoms with E-state index in [1.165, 1.54) is 24.2 Å². The predicted molar refractivity (Wildman–Crippen MR) is 88.2 cm³/mol. The largest absolute Gasteiger partial charge is 0.397 e. The van der Waals surface area contributed by atoms with Gasteiger partial charge < -0.3 is 11.1 Å². The molecule has 1 amide bonds. The first-order valence-corrected chi connectivity index (χ1v) is 8.29. The van der Waals surface area contributed by atoms with Crippen LogP contribution in [-0.2, 0) is 0 Å². The van der Waals surface area contributed by atoms with E-state index in [4.69, 9.17) is 5.73 Å². The van der Waals surface area contributed by atoms with Crippen LogP contribution >= 0.6 is 27.3 Å². The number of nitrogens with two attached hydrogens (primary N) is 1. The lowest BCUT2D eigenvalue weighted by Gasteiger charge is -2.25. The highest BCUT2D eigenvalue weighted by Gasteiger charge is 2.39. The van der Waals surface area contributed by atoms with Gasteiger partial charge in [-0.05, 0) is 44.7 Å². The molecular weight excluding hydrogens is 336 g/mol. The number of nitrogen functional groups attached to an aromatic ring is 1. The fraction of sp³-hybridized carbons (Fsp3) is 0.400. The SMILES string of the molecule is CC(C)(NC(=O)c1sc2cc(Br)ccc2c1N)C1CC1. The molecule has 1 fully saturated rings. The maximum absolute atomic E-state index is 12.5. The number of hydrogen-bond donors (Lipinski definition) is 2. The number of carbonyl (C=O) groups excluding carboxylic acids is 1. The summed E-state index contributed by atoms with van der Waals surface area (Å²) in [6.45, 7) is 4.17. The lowest BCUT2D eigenvalue weighted by Crippen LogP contribution is -2.45. The molecule has 106 valence electrons. The summed E-state index contributed by atoms with van der Waals surface area (Å²) in [7, 11) is 0. The smallest absolute Gasteiger partial charge is 0.263 e. The molecular formula is C15H17BrN2OS. The van der Waals surface area contributed by atoms with Gasteiger partial charge in [-0.3, -0.25) is 4.79 Å². The highest BCUT2D eigenvalue weighted by molar-refractivity contribution is 9.10. The Morgan fingerprint density at radius 2 is 2.15 bits per heavy atom. The molecule has 0 saturated heterocycles. The third kappa shape index (κ3) is 2.44. The van der Waals surface area contributed by atoms with Crippen molar-refractivity contribution in [2.45, 2.75) is 32.2 Å². The molecule has 20 heavy (non-hydrogen) atoms. The van der Waals surface area contributed by atoms with Gasteiger partial charge in [-0.1, -0.05) is 22.0 Å². The Morgan fingerprint density at radius 3 is 2.80 bits per heavy atom. The average molecular weight is 353 g/mol. The second kappa shape index (κ2) is 4.74. The zero-order valence-corrected chi connectivity index (χ0v) is 13.9. The molecule has 3 N–H and O–H groups in total. The van der Waals surface area contributed by atoms with E-state index in [2.05, 4.69) is 35.1 Å². The summed E-state index contributed by atoms with van der Waals surface area (Å²) in [5, 5.41) is 4.08. The fourth-order valence-corrected chi connectivity index (χ4v) is 4.09. The molecule has 1 aliphatic rings. The molecule has 5 heteroatoms. The van der Waals surface area contributed by atoms with Crippen LogP contribution in [0.4, 0.5) is 5.69 Å². The minimum atomic E-state index is -0.152. The van der Waals surface area contributed by atoms with Gasteiger partial charge in [0.2, 0.25) is 0 Å². The molecule has 2 aromatic rings. The van der Waals surface area contributed by atoms with Gasteiger partial charge in [-0.25, -0.2) is 0 Å². The number of carbonyl (C=O) groups is 1.